The Morgan fingerprint density at radius 3 is 2.49 bits per heavy atom. The number of nitrogens with one attached hydrogen (secondary N) is 1. The van der Waals surface area contributed by atoms with Crippen LogP contribution in [0, 0.1) is 6.92 Å². The zero-order chi connectivity index (χ0) is 24.2. The summed E-state index contributed by atoms with van der Waals surface area (Å²) in [7, 11) is 0. The predicted octanol–water partition coefficient (Wildman–Crippen LogP) is 6.38. The van der Waals surface area contributed by atoms with Crippen LogP contribution in [-0.4, -0.2) is 34.0 Å². The second kappa shape index (κ2) is 10.4. The van der Waals surface area contributed by atoms with Gasteiger partial charge in [0.15, 0.2) is 0 Å². The largest absolute Gasteiger partial charge is 0.508 e. The topological polar surface area (TPSA) is 66.7 Å². The number of benzene rings is 3. The molecule has 1 unspecified atom stereocenters. The SMILES string of the molecule is Cc1c(-c2ccc(O)cc2)n(Cc2ccc(OCCC3CCCCCN3)cc2)c2ccc(O)cc12. The van der Waals surface area contributed by atoms with E-state index in [2.05, 4.69) is 41.1 Å². The van der Waals surface area contributed by atoms with E-state index in [1.807, 2.05) is 24.3 Å². The summed E-state index contributed by atoms with van der Waals surface area (Å²) in [5.74, 6) is 1.41. The fraction of sp³-hybridized carbons (Fsp3) is 0.333. The number of aryl methyl sites for hydroxylation is 1. The molecule has 1 fully saturated rings. The smallest absolute Gasteiger partial charge is 0.119 e. The molecule has 4 aromatic rings. The van der Waals surface area contributed by atoms with Crippen LogP contribution in [0.4, 0.5) is 0 Å². The van der Waals surface area contributed by atoms with E-state index in [0.717, 1.165) is 53.0 Å². The van der Waals surface area contributed by atoms with Crippen LogP contribution >= 0.6 is 0 Å². The molecule has 0 radical (unpaired) electrons. The molecular weight excluding hydrogens is 436 g/mol. The zero-order valence-corrected chi connectivity index (χ0v) is 20.3. The standard InChI is InChI=1S/C30H34N2O3/c1-21-28-19-26(34)12-15-29(28)32(30(21)23-8-10-25(33)11-9-23)20-22-6-13-27(14-7-22)35-18-16-24-5-3-2-4-17-31-24/h6-15,19,24,31,33-34H,2-5,16-18,20H2,1H3. The first-order chi connectivity index (χ1) is 17.1. The number of aromatic nitrogens is 1. The highest BCUT2D eigenvalue weighted by atomic mass is 16.5. The van der Waals surface area contributed by atoms with Gasteiger partial charge in [0.2, 0.25) is 0 Å². The number of aromatic hydroxyl groups is 2. The normalized spacial score (nSPS) is 16.3. The van der Waals surface area contributed by atoms with Crippen molar-refractivity contribution in [1.29, 1.82) is 0 Å². The summed E-state index contributed by atoms with van der Waals surface area (Å²) in [5, 5.41) is 24.5. The van der Waals surface area contributed by atoms with Crippen LogP contribution in [0.3, 0.4) is 0 Å². The molecule has 1 aliphatic rings. The summed E-state index contributed by atoms with van der Waals surface area (Å²) in [6, 6.07) is 21.8. The molecular formula is C30H34N2O3. The minimum atomic E-state index is 0.247. The molecule has 0 saturated carbocycles. The van der Waals surface area contributed by atoms with Gasteiger partial charge in [-0.15, -0.1) is 0 Å². The molecule has 182 valence electrons. The highest BCUT2D eigenvalue weighted by Gasteiger charge is 2.17. The summed E-state index contributed by atoms with van der Waals surface area (Å²) < 4.78 is 8.33. The third kappa shape index (κ3) is 5.30. The number of hydrogen-bond donors (Lipinski definition) is 3. The van der Waals surface area contributed by atoms with Crippen molar-refractivity contribution in [3.63, 3.8) is 0 Å². The van der Waals surface area contributed by atoms with Crippen molar-refractivity contribution >= 4 is 10.9 Å². The molecule has 1 saturated heterocycles. The lowest BCUT2D eigenvalue weighted by Gasteiger charge is -2.16. The Morgan fingerprint density at radius 1 is 0.914 bits per heavy atom. The van der Waals surface area contributed by atoms with Gasteiger partial charge in [-0.25, -0.2) is 0 Å². The lowest BCUT2D eigenvalue weighted by Crippen LogP contribution is -2.29. The van der Waals surface area contributed by atoms with Gasteiger partial charge < -0.3 is 24.8 Å². The molecule has 1 atom stereocenters. The highest BCUT2D eigenvalue weighted by Crippen LogP contribution is 2.36. The van der Waals surface area contributed by atoms with E-state index in [9.17, 15) is 10.2 Å². The second-order valence-electron chi connectivity index (χ2n) is 9.59. The first kappa shape index (κ1) is 23.3. The summed E-state index contributed by atoms with van der Waals surface area (Å²) in [6.45, 7) is 4.63. The summed E-state index contributed by atoms with van der Waals surface area (Å²) in [5.41, 5.74) is 5.46. The second-order valence-corrected chi connectivity index (χ2v) is 9.59. The van der Waals surface area contributed by atoms with E-state index in [1.54, 1.807) is 18.2 Å². The third-order valence-corrected chi connectivity index (χ3v) is 7.10. The van der Waals surface area contributed by atoms with Gasteiger partial charge in [0.25, 0.3) is 0 Å². The summed E-state index contributed by atoms with van der Waals surface area (Å²) >= 11 is 0. The number of rotatable bonds is 7. The van der Waals surface area contributed by atoms with Crippen LogP contribution in [0.1, 0.15) is 43.2 Å². The molecule has 3 N–H and O–H groups in total. The Kier molecular flexibility index (Phi) is 6.96. The lowest BCUT2D eigenvalue weighted by atomic mass is 10.1. The van der Waals surface area contributed by atoms with Gasteiger partial charge in [0.05, 0.1) is 12.3 Å². The molecule has 5 rings (SSSR count). The Balaban J connectivity index is 1.35. The van der Waals surface area contributed by atoms with E-state index in [1.165, 1.54) is 31.2 Å². The minimum absolute atomic E-state index is 0.247. The summed E-state index contributed by atoms with van der Waals surface area (Å²) in [6.07, 6.45) is 6.21. The van der Waals surface area contributed by atoms with Crippen LogP contribution in [0.15, 0.2) is 66.7 Å². The van der Waals surface area contributed by atoms with Crippen LogP contribution in [-0.2, 0) is 6.54 Å². The quantitative estimate of drug-likeness (QED) is 0.293. The average molecular weight is 471 g/mol. The van der Waals surface area contributed by atoms with E-state index in [0.29, 0.717) is 12.6 Å². The number of hydrogen-bond acceptors (Lipinski definition) is 4. The van der Waals surface area contributed by atoms with Gasteiger partial charge in [-0.05, 0) is 104 Å². The molecule has 0 spiro atoms. The lowest BCUT2D eigenvalue weighted by molar-refractivity contribution is 0.283. The molecule has 1 aromatic heterocycles. The number of phenols is 2. The number of phenolic OH excluding ortho intramolecular Hbond substituents is 2. The van der Waals surface area contributed by atoms with Crippen molar-refractivity contribution in [3.8, 4) is 28.5 Å². The van der Waals surface area contributed by atoms with Gasteiger partial charge in [-0.3, -0.25) is 0 Å². The van der Waals surface area contributed by atoms with Gasteiger partial charge in [-0.1, -0.05) is 25.0 Å². The van der Waals surface area contributed by atoms with Gasteiger partial charge in [-0.2, -0.15) is 0 Å². The van der Waals surface area contributed by atoms with Crippen LogP contribution in [0.2, 0.25) is 0 Å². The first-order valence-corrected chi connectivity index (χ1v) is 12.6. The average Bonchev–Trinajstić information content (AvgIpc) is 3.01. The summed E-state index contributed by atoms with van der Waals surface area (Å²) in [4.78, 5) is 0. The van der Waals surface area contributed by atoms with E-state index >= 15 is 0 Å². The Hall–Kier alpha value is -3.44. The number of nitrogens with zero attached hydrogens (tertiary/aromatic N) is 1. The third-order valence-electron chi connectivity index (χ3n) is 7.10. The molecule has 0 bridgehead atoms. The van der Waals surface area contributed by atoms with Crippen molar-refractivity contribution in [2.24, 2.45) is 0 Å². The van der Waals surface area contributed by atoms with Crippen LogP contribution in [0.25, 0.3) is 22.2 Å². The van der Waals surface area contributed by atoms with Gasteiger partial charge in [0, 0.05) is 23.5 Å². The van der Waals surface area contributed by atoms with Gasteiger partial charge in [0.1, 0.15) is 17.2 Å². The molecule has 1 aliphatic heterocycles. The van der Waals surface area contributed by atoms with E-state index < -0.39 is 0 Å². The molecule has 5 heteroatoms. The minimum Gasteiger partial charge on any atom is -0.508 e. The molecule has 0 amide bonds. The maximum Gasteiger partial charge on any atom is 0.119 e. The predicted molar refractivity (Wildman–Crippen MR) is 141 cm³/mol. The Labute approximate surface area is 207 Å². The first-order valence-electron chi connectivity index (χ1n) is 12.6. The zero-order valence-electron chi connectivity index (χ0n) is 20.3. The van der Waals surface area contributed by atoms with Crippen molar-refractivity contribution in [3.05, 3.63) is 77.9 Å². The molecule has 2 heterocycles. The molecule has 3 aromatic carbocycles. The van der Waals surface area contributed by atoms with Crippen molar-refractivity contribution in [1.82, 2.24) is 9.88 Å². The van der Waals surface area contributed by atoms with Crippen LogP contribution < -0.4 is 10.1 Å². The fourth-order valence-electron chi connectivity index (χ4n) is 5.21. The van der Waals surface area contributed by atoms with Crippen molar-refractivity contribution in [2.45, 2.75) is 51.6 Å². The highest BCUT2D eigenvalue weighted by molar-refractivity contribution is 5.92. The van der Waals surface area contributed by atoms with Crippen molar-refractivity contribution in [2.75, 3.05) is 13.2 Å². The Morgan fingerprint density at radius 2 is 1.69 bits per heavy atom. The fourth-order valence-corrected chi connectivity index (χ4v) is 5.21. The monoisotopic (exact) mass is 470 g/mol. The molecule has 5 nitrogen and oxygen atoms in total. The van der Waals surface area contributed by atoms with Gasteiger partial charge >= 0.3 is 0 Å². The molecule has 35 heavy (non-hydrogen) atoms. The van der Waals surface area contributed by atoms with Crippen LogP contribution in [0.5, 0.6) is 17.2 Å². The maximum atomic E-state index is 10.1. The van der Waals surface area contributed by atoms with E-state index in [-0.39, 0.29) is 11.5 Å². The molecule has 0 aliphatic carbocycles. The Bertz CT molecular complexity index is 1270. The van der Waals surface area contributed by atoms with E-state index in [4.69, 9.17) is 4.74 Å². The van der Waals surface area contributed by atoms with Crippen molar-refractivity contribution < 1.29 is 14.9 Å². The number of fused-ring (bicyclic) bond motifs is 1. The number of ether oxygens (including phenoxy) is 1. The maximum absolute atomic E-state index is 10.1.